The Balaban J connectivity index is 2.75. The maximum atomic E-state index is 13.2. The van der Waals surface area contributed by atoms with Gasteiger partial charge >= 0.3 is 12.0 Å². The number of carbonyl (C=O) groups is 2. The van der Waals surface area contributed by atoms with E-state index in [1.807, 2.05) is 5.32 Å². The molecule has 0 spiro atoms. The van der Waals surface area contributed by atoms with Gasteiger partial charge in [0, 0.05) is 13.0 Å². The zero-order chi connectivity index (χ0) is 16.2. The number of urea groups is 1. The Hall–Kier alpha value is -2.39. The number of hydrogen-bond donors (Lipinski definition) is 3. The number of carboxylic acid groups (broad SMARTS) is 1. The third-order valence-corrected chi connectivity index (χ3v) is 2.30. The first kappa shape index (κ1) is 16.7. The van der Waals surface area contributed by atoms with Crippen LogP contribution in [-0.2, 0) is 4.79 Å². The van der Waals surface area contributed by atoms with Gasteiger partial charge in [0.05, 0.1) is 0 Å². The Morgan fingerprint density at radius 3 is 1.86 bits per heavy atom. The number of halogens is 5. The molecule has 0 saturated heterocycles. The number of hydrogen-bond acceptors (Lipinski definition) is 2. The lowest BCUT2D eigenvalue weighted by Gasteiger charge is -2.10. The van der Waals surface area contributed by atoms with E-state index in [1.165, 1.54) is 5.32 Å². The molecule has 0 saturated carbocycles. The van der Waals surface area contributed by atoms with Gasteiger partial charge in [0.25, 0.3) is 0 Å². The highest BCUT2D eigenvalue weighted by atomic mass is 19.2. The van der Waals surface area contributed by atoms with Crippen LogP contribution < -0.4 is 10.6 Å². The second-order valence-corrected chi connectivity index (χ2v) is 3.82. The maximum Gasteiger partial charge on any atom is 0.319 e. The van der Waals surface area contributed by atoms with Gasteiger partial charge in [0.1, 0.15) is 5.69 Å². The van der Waals surface area contributed by atoms with Crippen molar-refractivity contribution in [2.24, 2.45) is 0 Å². The van der Waals surface area contributed by atoms with Crippen molar-refractivity contribution in [1.29, 1.82) is 0 Å². The van der Waals surface area contributed by atoms with Crippen molar-refractivity contribution in [2.45, 2.75) is 12.8 Å². The SMILES string of the molecule is O=C(O)CCCNC(=O)Nc1c(F)c(F)c(F)c(F)c1F. The van der Waals surface area contributed by atoms with Crippen LogP contribution >= 0.6 is 0 Å². The lowest BCUT2D eigenvalue weighted by molar-refractivity contribution is -0.137. The third kappa shape index (κ3) is 4.04. The molecular weight excluding hydrogens is 303 g/mol. The minimum absolute atomic E-state index is 0.0276. The number of nitrogens with one attached hydrogen (secondary N) is 2. The second-order valence-electron chi connectivity index (χ2n) is 3.82. The van der Waals surface area contributed by atoms with Crippen LogP contribution in [0.4, 0.5) is 32.4 Å². The van der Waals surface area contributed by atoms with Crippen molar-refractivity contribution < 1.29 is 36.6 Å². The van der Waals surface area contributed by atoms with E-state index in [2.05, 4.69) is 0 Å². The Bertz CT molecular complexity index is 550. The quantitative estimate of drug-likeness (QED) is 0.338. The fraction of sp³-hybridized carbons (Fsp3) is 0.273. The monoisotopic (exact) mass is 312 g/mol. The molecule has 1 aromatic carbocycles. The third-order valence-electron chi connectivity index (χ3n) is 2.30. The molecule has 0 aromatic heterocycles. The van der Waals surface area contributed by atoms with Crippen LogP contribution in [0.25, 0.3) is 0 Å². The lowest BCUT2D eigenvalue weighted by atomic mass is 10.2. The molecule has 0 heterocycles. The standard InChI is InChI=1S/C11H9F5N2O3/c12-5-6(13)8(15)10(9(16)7(5)14)18-11(21)17-3-1-2-4(19)20/h1-3H2,(H,19,20)(H2,17,18,21). The summed E-state index contributed by atoms with van der Waals surface area (Å²) in [5.41, 5.74) is -1.48. The molecular formula is C11H9F5N2O3. The van der Waals surface area contributed by atoms with Crippen LogP contribution in [0.2, 0.25) is 0 Å². The summed E-state index contributed by atoms with van der Waals surface area (Å²) in [5, 5.41) is 11.8. The zero-order valence-corrected chi connectivity index (χ0v) is 10.3. The normalized spacial score (nSPS) is 10.3. The van der Waals surface area contributed by atoms with Gasteiger partial charge in [-0.2, -0.15) is 0 Å². The molecule has 10 heteroatoms. The molecule has 3 N–H and O–H groups in total. The van der Waals surface area contributed by atoms with Crippen molar-refractivity contribution in [3.05, 3.63) is 29.1 Å². The molecule has 0 unspecified atom stereocenters. The second kappa shape index (κ2) is 6.86. The number of carboxylic acids is 1. The summed E-state index contributed by atoms with van der Waals surface area (Å²) in [4.78, 5) is 21.4. The Labute approximate surface area is 114 Å². The molecule has 0 bridgehead atoms. The first-order chi connectivity index (χ1) is 9.75. The Morgan fingerprint density at radius 2 is 1.38 bits per heavy atom. The van der Waals surface area contributed by atoms with Gasteiger partial charge in [0.15, 0.2) is 23.3 Å². The van der Waals surface area contributed by atoms with Crippen LogP contribution in [0.15, 0.2) is 0 Å². The number of anilines is 1. The smallest absolute Gasteiger partial charge is 0.319 e. The van der Waals surface area contributed by atoms with Gasteiger partial charge in [-0.15, -0.1) is 0 Å². The molecule has 5 nitrogen and oxygen atoms in total. The fourth-order valence-electron chi connectivity index (χ4n) is 1.31. The maximum absolute atomic E-state index is 13.2. The van der Waals surface area contributed by atoms with E-state index in [0.717, 1.165) is 0 Å². The van der Waals surface area contributed by atoms with Crippen molar-refractivity contribution in [1.82, 2.24) is 5.32 Å². The average Bonchev–Trinajstić information content (AvgIpc) is 2.44. The molecule has 1 aromatic rings. The number of amides is 2. The van der Waals surface area contributed by atoms with Gasteiger partial charge in [-0.1, -0.05) is 0 Å². The molecule has 0 aliphatic rings. The average molecular weight is 312 g/mol. The van der Waals surface area contributed by atoms with Crippen molar-refractivity contribution >= 4 is 17.7 Å². The van der Waals surface area contributed by atoms with Crippen molar-refractivity contribution in [3.8, 4) is 0 Å². The summed E-state index contributed by atoms with van der Waals surface area (Å²) in [6, 6.07) is -1.23. The Morgan fingerprint density at radius 1 is 0.905 bits per heavy atom. The molecule has 0 aliphatic carbocycles. The van der Waals surface area contributed by atoms with E-state index in [4.69, 9.17) is 5.11 Å². The fourth-order valence-corrected chi connectivity index (χ4v) is 1.31. The Kier molecular flexibility index (Phi) is 5.44. The summed E-state index contributed by atoms with van der Waals surface area (Å²) in [6.45, 7) is -0.159. The lowest BCUT2D eigenvalue weighted by Crippen LogP contribution is -2.31. The zero-order valence-electron chi connectivity index (χ0n) is 10.3. The largest absolute Gasteiger partial charge is 0.481 e. The minimum atomic E-state index is -2.34. The summed E-state index contributed by atoms with van der Waals surface area (Å²) in [7, 11) is 0. The van der Waals surface area contributed by atoms with E-state index in [1.54, 1.807) is 0 Å². The summed E-state index contributed by atoms with van der Waals surface area (Å²) in [5.74, 6) is -12.2. The summed E-state index contributed by atoms with van der Waals surface area (Å²) in [6.07, 6.45) is -0.233. The predicted molar refractivity (Wildman–Crippen MR) is 60.1 cm³/mol. The molecule has 0 radical (unpaired) electrons. The molecule has 0 aliphatic heterocycles. The number of benzene rings is 1. The summed E-state index contributed by atoms with van der Waals surface area (Å²) >= 11 is 0. The van der Waals surface area contributed by atoms with E-state index in [9.17, 15) is 31.5 Å². The number of aliphatic carboxylic acids is 1. The molecule has 0 fully saturated rings. The molecule has 1 rings (SSSR count). The highest BCUT2D eigenvalue weighted by Crippen LogP contribution is 2.26. The van der Waals surface area contributed by atoms with Crippen molar-refractivity contribution in [3.63, 3.8) is 0 Å². The molecule has 2 amide bonds. The first-order valence-electron chi connectivity index (χ1n) is 5.53. The van der Waals surface area contributed by atoms with Gasteiger partial charge in [-0.25, -0.2) is 26.7 Å². The van der Waals surface area contributed by atoms with Gasteiger partial charge in [0.2, 0.25) is 5.82 Å². The van der Waals surface area contributed by atoms with Gasteiger partial charge in [-0.05, 0) is 6.42 Å². The van der Waals surface area contributed by atoms with E-state index in [-0.39, 0.29) is 19.4 Å². The van der Waals surface area contributed by atoms with Crippen LogP contribution in [0.3, 0.4) is 0 Å². The van der Waals surface area contributed by atoms with Crippen LogP contribution in [0.5, 0.6) is 0 Å². The highest BCUT2D eigenvalue weighted by Gasteiger charge is 2.26. The highest BCUT2D eigenvalue weighted by molar-refractivity contribution is 5.89. The summed E-state index contributed by atoms with van der Waals surface area (Å²) < 4.78 is 64.9. The van der Waals surface area contributed by atoms with Gasteiger partial charge in [-0.3, -0.25) is 4.79 Å². The topological polar surface area (TPSA) is 78.4 Å². The van der Waals surface area contributed by atoms with Crippen LogP contribution in [0.1, 0.15) is 12.8 Å². The van der Waals surface area contributed by atoms with Crippen LogP contribution in [0, 0.1) is 29.1 Å². The van der Waals surface area contributed by atoms with E-state index >= 15 is 0 Å². The number of rotatable bonds is 5. The minimum Gasteiger partial charge on any atom is -0.481 e. The van der Waals surface area contributed by atoms with E-state index in [0.29, 0.717) is 0 Å². The number of carbonyl (C=O) groups excluding carboxylic acids is 1. The molecule has 21 heavy (non-hydrogen) atoms. The predicted octanol–water partition coefficient (Wildman–Crippen LogP) is 2.37. The molecule has 116 valence electrons. The van der Waals surface area contributed by atoms with E-state index < -0.39 is 46.8 Å². The molecule has 0 atom stereocenters. The van der Waals surface area contributed by atoms with Crippen LogP contribution in [-0.4, -0.2) is 23.7 Å². The van der Waals surface area contributed by atoms with Gasteiger partial charge < -0.3 is 15.7 Å². The van der Waals surface area contributed by atoms with Crippen molar-refractivity contribution in [2.75, 3.05) is 11.9 Å². The first-order valence-corrected chi connectivity index (χ1v) is 5.53.